The minimum Gasteiger partial charge on any atom is -0.417 e. The maximum Gasteiger partial charge on any atom is 0.191 e. The van der Waals surface area contributed by atoms with Crippen LogP contribution in [0.4, 0.5) is 0 Å². The lowest BCUT2D eigenvalue weighted by Crippen LogP contribution is -2.41. The van der Waals surface area contributed by atoms with E-state index in [2.05, 4.69) is 54.6 Å². The first kappa shape index (κ1) is 20.2. The van der Waals surface area contributed by atoms with Crippen LogP contribution in [0.3, 0.4) is 0 Å². The highest BCUT2D eigenvalue weighted by atomic mass is 28.4. The van der Waals surface area contributed by atoms with Crippen LogP contribution in [0.2, 0.25) is 18.1 Å². The van der Waals surface area contributed by atoms with Crippen molar-refractivity contribution in [3.8, 4) is 0 Å². The molecular weight excluding hydrogens is 260 g/mol. The van der Waals surface area contributed by atoms with E-state index in [1.165, 1.54) is 38.5 Å². The summed E-state index contributed by atoms with van der Waals surface area (Å²) in [6, 6.07) is 0. The first-order valence-electron chi connectivity index (χ1n) is 8.70. The Bertz CT molecular complexity index is 240. The molecule has 122 valence electrons. The fourth-order valence-electron chi connectivity index (χ4n) is 2.10. The predicted molar refractivity (Wildman–Crippen MR) is 94.9 cm³/mol. The zero-order valence-corrected chi connectivity index (χ0v) is 16.5. The molecule has 1 atom stereocenters. The van der Waals surface area contributed by atoms with Crippen molar-refractivity contribution >= 4 is 8.32 Å². The molecule has 0 amide bonds. The minimum absolute atomic E-state index is 0.340. The Morgan fingerprint density at radius 1 is 0.850 bits per heavy atom. The summed E-state index contributed by atoms with van der Waals surface area (Å²) in [7, 11) is -1.53. The molecular formula is C18H40OSi. The zero-order valence-electron chi connectivity index (χ0n) is 15.5. The van der Waals surface area contributed by atoms with Gasteiger partial charge in [0.25, 0.3) is 0 Å². The van der Waals surface area contributed by atoms with Gasteiger partial charge in [-0.25, -0.2) is 0 Å². The smallest absolute Gasteiger partial charge is 0.191 e. The van der Waals surface area contributed by atoms with Crippen LogP contribution in [-0.2, 0) is 4.43 Å². The molecule has 0 saturated heterocycles. The van der Waals surface area contributed by atoms with Crippen molar-refractivity contribution in [3.63, 3.8) is 0 Å². The monoisotopic (exact) mass is 300 g/mol. The standard InChI is InChI=1S/C18H40OSi/c1-16(2)12-10-9-11-13-17(3)14-15-19-20(7,8)18(4,5)6/h16-17H,9-15H2,1-8H3/t17-/m1/s1. The van der Waals surface area contributed by atoms with Crippen LogP contribution in [0.25, 0.3) is 0 Å². The topological polar surface area (TPSA) is 9.23 Å². The van der Waals surface area contributed by atoms with Crippen molar-refractivity contribution in [1.82, 2.24) is 0 Å². The van der Waals surface area contributed by atoms with E-state index in [0.29, 0.717) is 5.04 Å². The molecule has 0 aromatic heterocycles. The predicted octanol–water partition coefficient (Wildman–Crippen LogP) is 6.64. The Kier molecular flexibility index (Phi) is 9.33. The molecule has 0 N–H and O–H groups in total. The fourth-order valence-corrected chi connectivity index (χ4v) is 3.16. The van der Waals surface area contributed by atoms with Gasteiger partial charge in [0.1, 0.15) is 0 Å². The van der Waals surface area contributed by atoms with Gasteiger partial charge in [0.15, 0.2) is 8.32 Å². The third-order valence-electron chi connectivity index (χ3n) is 4.86. The lowest BCUT2D eigenvalue weighted by atomic mass is 9.98. The van der Waals surface area contributed by atoms with E-state index < -0.39 is 8.32 Å². The second-order valence-electron chi connectivity index (χ2n) is 8.53. The lowest BCUT2D eigenvalue weighted by Gasteiger charge is -2.36. The van der Waals surface area contributed by atoms with Crippen LogP contribution >= 0.6 is 0 Å². The number of hydrogen-bond donors (Lipinski definition) is 0. The summed E-state index contributed by atoms with van der Waals surface area (Å²) in [6.07, 6.45) is 8.21. The molecule has 0 radical (unpaired) electrons. The number of hydrogen-bond acceptors (Lipinski definition) is 1. The van der Waals surface area contributed by atoms with Gasteiger partial charge in [0.05, 0.1) is 0 Å². The molecule has 20 heavy (non-hydrogen) atoms. The molecule has 0 aliphatic rings. The summed E-state index contributed by atoms with van der Waals surface area (Å²) in [5, 5.41) is 0.340. The molecule has 2 heteroatoms. The molecule has 0 unspecified atom stereocenters. The molecule has 0 saturated carbocycles. The van der Waals surface area contributed by atoms with Crippen LogP contribution in [0.15, 0.2) is 0 Å². The van der Waals surface area contributed by atoms with E-state index >= 15 is 0 Å². The van der Waals surface area contributed by atoms with Gasteiger partial charge in [-0.3, -0.25) is 0 Å². The first-order valence-corrected chi connectivity index (χ1v) is 11.6. The van der Waals surface area contributed by atoms with Gasteiger partial charge in [0, 0.05) is 6.61 Å². The van der Waals surface area contributed by atoms with E-state index in [1.807, 2.05) is 0 Å². The van der Waals surface area contributed by atoms with E-state index in [9.17, 15) is 0 Å². The normalized spacial score (nSPS) is 14.8. The number of unbranched alkanes of at least 4 members (excludes halogenated alkanes) is 2. The zero-order chi connectivity index (χ0) is 15.8. The molecule has 0 aromatic carbocycles. The second kappa shape index (κ2) is 9.25. The Morgan fingerprint density at radius 2 is 1.40 bits per heavy atom. The summed E-state index contributed by atoms with van der Waals surface area (Å²) < 4.78 is 6.26. The van der Waals surface area contributed by atoms with Crippen molar-refractivity contribution in [2.24, 2.45) is 11.8 Å². The van der Waals surface area contributed by atoms with Crippen LogP contribution in [0, 0.1) is 11.8 Å². The van der Waals surface area contributed by atoms with Crippen molar-refractivity contribution in [3.05, 3.63) is 0 Å². The summed E-state index contributed by atoms with van der Waals surface area (Å²) >= 11 is 0. The molecule has 0 bridgehead atoms. The molecule has 0 fully saturated rings. The SMILES string of the molecule is CC(C)CCCCC[C@@H](C)CCO[Si](C)(C)C(C)(C)C. The third-order valence-corrected chi connectivity index (χ3v) is 9.40. The average molecular weight is 301 g/mol. The molecule has 0 rings (SSSR count). The highest BCUT2D eigenvalue weighted by Gasteiger charge is 2.36. The van der Waals surface area contributed by atoms with Crippen molar-refractivity contribution in [2.45, 2.75) is 98.2 Å². The largest absolute Gasteiger partial charge is 0.417 e. The second-order valence-corrected chi connectivity index (χ2v) is 13.3. The molecule has 0 aliphatic carbocycles. The number of rotatable bonds is 10. The maximum atomic E-state index is 6.26. The van der Waals surface area contributed by atoms with Crippen molar-refractivity contribution < 1.29 is 4.43 Å². The fraction of sp³-hybridized carbons (Fsp3) is 1.00. The van der Waals surface area contributed by atoms with Gasteiger partial charge in [0.2, 0.25) is 0 Å². The van der Waals surface area contributed by atoms with Gasteiger partial charge >= 0.3 is 0 Å². The molecule has 1 nitrogen and oxygen atoms in total. The van der Waals surface area contributed by atoms with Gasteiger partial charge in [-0.1, -0.05) is 73.6 Å². The van der Waals surface area contributed by atoms with E-state index in [-0.39, 0.29) is 0 Å². The van der Waals surface area contributed by atoms with Gasteiger partial charge in [-0.15, -0.1) is 0 Å². The van der Waals surface area contributed by atoms with Crippen LogP contribution in [0.1, 0.15) is 80.1 Å². The molecule has 0 heterocycles. The van der Waals surface area contributed by atoms with E-state index in [1.54, 1.807) is 0 Å². The van der Waals surface area contributed by atoms with Crippen LogP contribution < -0.4 is 0 Å². The Labute approximate surface area is 130 Å². The van der Waals surface area contributed by atoms with Gasteiger partial charge < -0.3 is 4.43 Å². The average Bonchev–Trinajstić information content (AvgIpc) is 2.26. The van der Waals surface area contributed by atoms with Crippen molar-refractivity contribution in [1.29, 1.82) is 0 Å². The van der Waals surface area contributed by atoms with Crippen molar-refractivity contribution in [2.75, 3.05) is 6.61 Å². The highest BCUT2D eigenvalue weighted by Crippen LogP contribution is 2.36. The van der Waals surface area contributed by atoms with E-state index in [4.69, 9.17) is 4.43 Å². The Morgan fingerprint density at radius 3 is 1.90 bits per heavy atom. The van der Waals surface area contributed by atoms with Crippen LogP contribution in [-0.4, -0.2) is 14.9 Å². The summed E-state index contributed by atoms with van der Waals surface area (Å²) in [5.41, 5.74) is 0. The van der Waals surface area contributed by atoms with Gasteiger partial charge in [-0.2, -0.15) is 0 Å². The summed E-state index contributed by atoms with van der Waals surface area (Å²) in [6.45, 7) is 19.6. The Hall–Kier alpha value is 0.177. The molecule has 0 aromatic rings. The summed E-state index contributed by atoms with van der Waals surface area (Å²) in [5.74, 6) is 1.68. The van der Waals surface area contributed by atoms with Crippen LogP contribution in [0.5, 0.6) is 0 Å². The van der Waals surface area contributed by atoms with E-state index in [0.717, 1.165) is 18.4 Å². The maximum absolute atomic E-state index is 6.26. The summed E-state index contributed by atoms with van der Waals surface area (Å²) in [4.78, 5) is 0. The Balaban J connectivity index is 3.66. The minimum atomic E-state index is -1.53. The third kappa shape index (κ3) is 9.18. The van der Waals surface area contributed by atoms with Gasteiger partial charge in [-0.05, 0) is 36.4 Å². The first-order chi connectivity index (χ1) is 9.06. The quantitative estimate of drug-likeness (QED) is 0.324. The molecule has 0 aliphatic heterocycles. The lowest BCUT2D eigenvalue weighted by molar-refractivity contribution is 0.254. The molecule has 0 spiro atoms. The highest BCUT2D eigenvalue weighted by molar-refractivity contribution is 6.74.